The van der Waals surface area contributed by atoms with E-state index >= 15 is 0 Å². The third-order valence-corrected chi connectivity index (χ3v) is 4.11. The van der Waals surface area contributed by atoms with Crippen molar-refractivity contribution >= 4 is 5.78 Å². The highest BCUT2D eigenvalue weighted by atomic mass is 16.3. The standard InChI is InChI=1S/C16H22O2/c1-2-12-5-3-6-13(9-12)10-16(18)14-7-4-8-15(17)11-14/h4,7-8,11-13,17H,2-3,5-6,9-10H2,1H3. The molecule has 98 valence electrons. The molecule has 2 unspecified atom stereocenters. The molecular weight excluding hydrogens is 224 g/mol. The van der Waals surface area contributed by atoms with Crippen LogP contribution in [0.15, 0.2) is 24.3 Å². The lowest BCUT2D eigenvalue weighted by molar-refractivity contribution is 0.0939. The molecule has 1 aliphatic rings. The van der Waals surface area contributed by atoms with Crippen LogP contribution in [0.4, 0.5) is 0 Å². The van der Waals surface area contributed by atoms with E-state index in [-0.39, 0.29) is 11.5 Å². The molecule has 2 rings (SSSR count). The monoisotopic (exact) mass is 246 g/mol. The Morgan fingerprint density at radius 1 is 1.33 bits per heavy atom. The van der Waals surface area contributed by atoms with Crippen LogP contribution < -0.4 is 0 Å². The summed E-state index contributed by atoms with van der Waals surface area (Å²) in [5.74, 6) is 1.70. The number of carbonyl (C=O) groups excluding carboxylic acids is 1. The predicted molar refractivity (Wildman–Crippen MR) is 72.8 cm³/mol. The molecule has 1 aromatic rings. The van der Waals surface area contributed by atoms with Gasteiger partial charge in [-0.1, -0.05) is 38.3 Å². The zero-order chi connectivity index (χ0) is 13.0. The maximum absolute atomic E-state index is 12.1. The minimum Gasteiger partial charge on any atom is -0.508 e. The van der Waals surface area contributed by atoms with E-state index in [4.69, 9.17) is 0 Å². The van der Waals surface area contributed by atoms with Crippen LogP contribution >= 0.6 is 0 Å². The second-order valence-electron chi connectivity index (χ2n) is 5.48. The lowest BCUT2D eigenvalue weighted by Crippen LogP contribution is -2.18. The van der Waals surface area contributed by atoms with E-state index in [2.05, 4.69) is 6.92 Å². The number of hydrogen-bond donors (Lipinski definition) is 1. The molecule has 1 aromatic carbocycles. The fraction of sp³-hybridized carbons (Fsp3) is 0.562. The van der Waals surface area contributed by atoms with E-state index in [1.165, 1.54) is 32.1 Å². The first-order valence-corrected chi connectivity index (χ1v) is 7.01. The molecule has 0 aromatic heterocycles. The van der Waals surface area contributed by atoms with E-state index in [1.54, 1.807) is 24.3 Å². The molecule has 1 saturated carbocycles. The molecule has 0 bridgehead atoms. The van der Waals surface area contributed by atoms with Crippen LogP contribution in [0.3, 0.4) is 0 Å². The smallest absolute Gasteiger partial charge is 0.163 e. The molecule has 1 N–H and O–H groups in total. The molecular formula is C16H22O2. The summed E-state index contributed by atoms with van der Waals surface area (Å²) in [5, 5.41) is 9.40. The van der Waals surface area contributed by atoms with Crippen molar-refractivity contribution in [2.45, 2.75) is 45.4 Å². The number of phenols is 1. The summed E-state index contributed by atoms with van der Waals surface area (Å²) in [4.78, 5) is 12.1. The molecule has 2 nitrogen and oxygen atoms in total. The van der Waals surface area contributed by atoms with Crippen molar-refractivity contribution in [2.24, 2.45) is 11.8 Å². The van der Waals surface area contributed by atoms with Crippen molar-refractivity contribution < 1.29 is 9.90 Å². The van der Waals surface area contributed by atoms with Crippen molar-refractivity contribution in [3.05, 3.63) is 29.8 Å². The number of benzene rings is 1. The van der Waals surface area contributed by atoms with Crippen molar-refractivity contribution in [2.75, 3.05) is 0 Å². The fourth-order valence-electron chi connectivity index (χ4n) is 3.02. The summed E-state index contributed by atoms with van der Waals surface area (Å²) >= 11 is 0. The second kappa shape index (κ2) is 6.03. The Morgan fingerprint density at radius 3 is 2.83 bits per heavy atom. The Hall–Kier alpha value is -1.31. The first-order valence-electron chi connectivity index (χ1n) is 7.01. The number of aromatic hydroxyl groups is 1. The van der Waals surface area contributed by atoms with Gasteiger partial charge in [-0.2, -0.15) is 0 Å². The number of Topliss-reactive ketones (excluding diaryl/α,β-unsaturated/α-hetero) is 1. The summed E-state index contributed by atoms with van der Waals surface area (Å²) in [5.41, 5.74) is 0.647. The van der Waals surface area contributed by atoms with Gasteiger partial charge in [0, 0.05) is 12.0 Å². The number of ketones is 1. The molecule has 0 aliphatic heterocycles. The van der Waals surface area contributed by atoms with Crippen molar-refractivity contribution in [1.82, 2.24) is 0 Å². The third kappa shape index (κ3) is 3.34. The Bertz CT molecular complexity index is 411. The summed E-state index contributed by atoms with van der Waals surface area (Å²) in [6.07, 6.45) is 6.84. The van der Waals surface area contributed by atoms with Gasteiger partial charge in [0.25, 0.3) is 0 Å². The van der Waals surface area contributed by atoms with Crippen LogP contribution in [-0.4, -0.2) is 10.9 Å². The minimum absolute atomic E-state index is 0.174. The highest BCUT2D eigenvalue weighted by molar-refractivity contribution is 5.96. The van der Waals surface area contributed by atoms with Gasteiger partial charge in [0.05, 0.1) is 0 Å². The lowest BCUT2D eigenvalue weighted by atomic mass is 9.77. The van der Waals surface area contributed by atoms with Crippen LogP contribution in [0.2, 0.25) is 0 Å². The summed E-state index contributed by atoms with van der Waals surface area (Å²) in [6.45, 7) is 2.24. The van der Waals surface area contributed by atoms with E-state index in [1.807, 2.05) is 0 Å². The molecule has 0 amide bonds. The molecule has 2 atom stereocenters. The minimum atomic E-state index is 0.174. The zero-order valence-electron chi connectivity index (χ0n) is 11.1. The molecule has 0 radical (unpaired) electrons. The number of rotatable bonds is 4. The summed E-state index contributed by atoms with van der Waals surface area (Å²) in [6, 6.07) is 6.70. The van der Waals surface area contributed by atoms with E-state index < -0.39 is 0 Å². The maximum atomic E-state index is 12.1. The van der Waals surface area contributed by atoms with Crippen LogP contribution in [0, 0.1) is 11.8 Å². The molecule has 0 saturated heterocycles. The second-order valence-corrected chi connectivity index (χ2v) is 5.48. The third-order valence-electron chi connectivity index (χ3n) is 4.11. The topological polar surface area (TPSA) is 37.3 Å². The Balaban J connectivity index is 1.95. The average molecular weight is 246 g/mol. The quantitative estimate of drug-likeness (QED) is 0.809. The number of hydrogen-bond acceptors (Lipinski definition) is 2. The van der Waals surface area contributed by atoms with Crippen LogP contribution in [-0.2, 0) is 0 Å². The van der Waals surface area contributed by atoms with Crippen LogP contribution in [0.5, 0.6) is 5.75 Å². The highest BCUT2D eigenvalue weighted by Gasteiger charge is 2.23. The van der Waals surface area contributed by atoms with Gasteiger partial charge in [0.15, 0.2) is 5.78 Å². The largest absolute Gasteiger partial charge is 0.508 e. The van der Waals surface area contributed by atoms with Gasteiger partial charge in [-0.25, -0.2) is 0 Å². The molecule has 18 heavy (non-hydrogen) atoms. The normalized spacial score (nSPS) is 23.8. The van der Waals surface area contributed by atoms with Gasteiger partial charge < -0.3 is 5.11 Å². The maximum Gasteiger partial charge on any atom is 0.163 e. The van der Waals surface area contributed by atoms with Gasteiger partial charge in [0.1, 0.15) is 5.75 Å². The van der Waals surface area contributed by atoms with Crippen molar-refractivity contribution in [3.8, 4) is 5.75 Å². The Morgan fingerprint density at radius 2 is 2.11 bits per heavy atom. The molecule has 1 aliphatic carbocycles. The summed E-state index contributed by atoms with van der Waals surface area (Å²) < 4.78 is 0. The molecule has 0 heterocycles. The number of carbonyl (C=O) groups is 1. The molecule has 2 heteroatoms. The van der Waals surface area contributed by atoms with Gasteiger partial charge in [0.2, 0.25) is 0 Å². The van der Waals surface area contributed by atoms with Crippen molar-refractivity contribution in [1.29, 1.82) is 0 Å². The number of phenolic OH excluding ortho intramolecular Hbond substituents is 1. The SMILES string of the molecule is CCC1CCCC(CC(=O)c2cccc(O)c2)C1. The van der Waals surface area contributed by atoms with E-state index in [0.717, 1.165) is 5.92 Å². The molecule has 1 fully saturated rings. The first-order chi connectivity index (χ1) is 8.69. The van der Waals surface area contributed by atoms with Crippen LogP contribution in [0.25, 0.3) is 0 Å². The summed E-state index contributed by atoms with van der Waals surface area (Å²) in [7, 11) is 0. The Kier molecular flexibility index (Phi) is 4.40. The van der Waals surface area contributed by atoms with Gasteiger partial charge in [-0.05, 0) is 36.8 Å². The lowest BCUT2D eigenvalue weighted by Gasteiger charge is -2.27. The van der Waals surface area contributed by atoms with E-state index in [0.29, 0.717) is 17.9 Å². The zero-order valence-corrected chi connectivity index (χ0v) is 11.1. The van der Waals surface area contributed by atoms with Crippen LogP contribution in [0.1, 0.15) is 55.8 Å². The first kappa shape index (κ1) is 13.1. The van der Waals surface area contributed by atoms with E-state index in [9.17, 15) is 9.90 Å². The average Bonchev–Trinajstić information content (AvgIpc) is 2.39. The predicted octanol–water partition coefficient (Wildman–Crippen LogP) is 4.18. The Labute approximate surface area is 109 Å². The fourth-order valence-corrected chi connectivity index (χ4v) is 3.02. The van der Waals surface area contributed by atoms with Gasteiger partial charge >= 0.3 is 0 Å². The van der Waals surface area contributed by atoms with Gasteiger partial charge in [-0.3, -0.25) is 4.79 Å². The molecule has 0 spiro atoms. The van der Waals surface area contributed by atoms with Gasteiger partial charge in [-0.15, -0.1) is 0 Å². The highest BCUT2D eigenvalue weighted by Crippen LogP contribution is 2.33. The van der Waals surface area contributed by atoms with Crippen molar-refractivity contribution in [3.63, 3.8) is 0 Å².